The molecule has 0 fully saturated rings. The van der Waals surface area contributed by atoms with Gasteiger partial charge in [-0.05, 0) is 79.9 Å². The molecule has 0 bridgehead atoms. The SMILES string of the molecule is O=C(OC(F)C(F)(F)S(=O)(=O)O)c1cc(I)cc(I)c1I. The van der Waals surface area contributed by atoms with E-state index in [4.69, 9.17) is 4.55 Å². The molecule has 0 aromatic heterocycles. The van der Waals surface area contributed by atoms with Gasteiger partial charge in [0.2, 0.25) is 0 Å². The highest BCUT2D eigenvalue weighted by atomic mass is 127. The molecule has 0 spiro atoms. The Bertz CT molecular complexity index is 679. The van der Waals surface area contributed by atoms with E-state index in [0.717, 1.165) is 0 Å². The molecule has 12 heteroatoms. The van der Waals surface area contributed by atoms with E-state index in [2.05, 4.69) is 4.74 Å². The normalized spacial score (nSPS) is 13.9. The second-order valence-corrected chi connectivity index (χ2v) is 8.49. The first-order chi connectivity index (χ1) is 9.37. The number of esters is 1. The van der Waals surface area contributed by atoms with Gasteiger partial charge in [0, 0.05) is 10.7 Å². The van der Waals surface area contributed by atoms with Crippen molar-refractivity contribution in [2.45, 2.75) is 11.6 Å². The van der Waals surface area contributed by atoms with Crippen LogP contribution in [0.15, 0.2) is 12.1 Å². The van der Waals surface area contributed by atoms with Gasteiger partial charge in [0.05, 0.1) is 5.56 Å². The number of halogens is 6. The molecule has 1 atom stereocenters. The predicted molar refractivity (Wildman–Crippen MR) is 91.4 cm³/mol. The van der Waals surface area contributed by atoms with Crippen LogP contribution in [-0.2, 0) is 14.9 Å². The Kier molecular flexibility index (Phi) is 6.54. The summed E-state index contributed by atoms with van der Waals surface area (Å²) in [4.78, 5) is 11.7. The minimum atomic E-state index is -6.05. The van der Waals surface area contributed by atoms with E-state index in [9.17, 15) is 26.4 Å². The fraction of sp³-hybridized carbons (Fsp3) is 0.222. The van der Waals surface area contributed by atoms with Gasteiger partial charge in [-0.2, -0.15) is 21.6 Å². The minimum Gasteiger partial charge on any atom is -0.419 e. The molecule has 1 aromatic rings. The second kappa shape index (κ2) is 7.00. The lowest BCUT2D eigenvalue weighted by molar-refractivity contribution is -0.125. The molecule has 5 nitrogen and oxygen atoms in total. The number of carbonyl (C=O) groups is 1. The summed E-state index contributed by atoms with van der Waals surface area (Å²) in [5.41, 5.74) is -0.194. The molecule has 1 N–H and O–H groups in total. The molecule has 0 radical (unpaired) electrons. The molecule has 118 valence electrons. The molecule has 21 heavy (non-hydrogen) atoms. The Balaban J connectivity index is 3.08. The Hall–Kier alpha value is 0.580. The summed E-state index contributed by atoms with van der Waals surface area (Å²) in [5, 5.41) is -5.25. The molecule has 0 heterocycles. The standard InChI is InChI=1S/C9H4F3I3O5S/c10-8(9(11,12)21(17,18)19)20-7(16)4-1-3(13)2-5(14)6(4)15/h1-2,8H,(H,17,18,19). The van der Waals surface area contributed by atoms with Crippen LogP contribution in [0.5, 0.6) is 0 Å². The van der Waals surface area contributed by atoms with E-state index in [1.165, 1.54) is 6.07 Å². The van der Waals surface area contributed by atoms with Crippen molar-refractivity contribution in [3.05, 3.63) is 28.4 Å². The molecule has 0 aliphatic heterocycles. The van der Waals surface area contributed by atoms with Gasteiger partial charge in [-0.15, -0.1) is 0 Å². The largest absolute Gasteiger partial charge is 0.435 e. The van der Waals surface area contributed by atoms with Crippen LogP contribution < -0.4 is 0 Å². The Labute approximate surface area is 158 Å². The van der Waals surface area contributed by atoms with Crippen LogP contribution in [0.2, 0.25) is 0 Å². The van der Waals surface area contributed by atoms with Gasteiger partial charge in [0.25, 0.3) is 0 Å². The van der Waals surface area contributed by atoms with E-state index < -0.39 is 27.7 Å². The van der Waals surface area contributed by atoms with Crippen LogP contribution in [0.1, 0.15) is 10.4 Å². The molecule has 0 saturated heterocycles. The van der Waals surface area contributed by atoms with Crippen molar-refractivity contribution >= 4 is 83.9 Å². The summed E-state index contributed by atoms with van der Waals surface area (Å²) in [6, 6.07) is 2.95. The number of ether oxygens (including phenoxy) is 1. The zero-order valence-corrected chi connectivity index (χ0v) is 16.8. The lowest BCUT2D eigenvalue weighted by atomic mass is 10.2. The van der Waals surface area contributed by atoms with Crippen molar-refractivity contribution in [2.24, 2.45) is 0 Å². The summed E-state index contributed by atoms with van der Waals surface area (Å²) >= 11 is 5.46. The zero-order chi connectivity index (χ0) is 16.6. The fourth-order valence-corrected chi connectivity index (χ4v) is 3.71. The number of rotatable bonds is 4. The summed E-state index contributed by atoms with van der Waals surface area (Å²) < 4.78 is 73.4. The smallest absolute Gasteiger partial charge is 0.419 e. The van der Waals surface area contributed by atoms with Crippen LogP contribution in [0.25, 0.3) is 0 Å². The van der Waals surface area contributed by atoms with Gasteiger partial charge in [-0.25, -0.2) is 4.79 Å². The molecule has 0 aliphatic rings. The van der Waals surface area contributed by atoms with Crippen LogP contribution in [0, 0.1) is 10.7 Å². The van der Waals surface area contributed by atoms with Crippen molar-refractivity contribution in [3.63, 3.8) is 0 Å². The van der Waals surface area contributed by atoms with Gasteiger partial charge in [-0.3, -0.25) is 4.55 Å². The van der Waals surface area contributed by atoms with E-state index in [1.807, 2.05) is 45.2 Å². The van der Waals surface area contributed by atoms with Crippen molar-refractivity contribution in [1.29, 1.82) is 0 Å². The number of hydrogen-bond donors (Lipinski definition) is 1. The Morgan fingerprint density at radius 1 is 1.29 bits per heavy atom. The first-order valence-electron chi connectivity index (χ1n) is 4.72. The van der Waals surface area contributed by atoms with Gasteiger partial charge in [0.1, 0.15) is 0 Å². The molecular weight excluding hydrogens is 658 g/mol. The average molecular weight is 662 g/mol. The van der Waals surface area contributed by atoms with Crippen molar-refractivity contribution < 1.29 is 35.7 Å². The van der Waals surface area contributed by atoms with Gasteiger partial charge in [-0.1, -0.05) is 0 Å². The zero-order valence-electron chi connectivity index (χ0n) is 9.49. The fourth-order valence-electron chi connectivity index (χ4n) is 1.05. The van der Waals surface area contributed by atoms with E-state index >= 15 is 0 Å². The van der Waals surface area contributed by atoms with Gasteiger partial charge < -0.3 is 4.74 Å². The highest BCUT2D eigenvalue weighted by molar-refractivity contribution is 14.1. The highest BCUT2D eigenvalue weighted by Gasteiger charge is 2.55. The average Bonchev–Trinajstić information content (AvgIpc) is 2.31. The maximum Gasteiger partial charge on any atom is 0.435 e. The van der Waals surface area contributed by atoms with Crippen LogP contribution in [0.3, 0.4) is 0 Å². The topological polar surface area (TPSA) is 80.7 Å². The number of hydrogen-bond acceptors (Lipinski definition) is 4. The van der Waals surface area contributed by atoms with Crippen molar-refractivity contribution in [1.82, 2.24) is 0 Å². The summed E-state index contributed by atoms with van der Waals surface area (Å²) in [6.45, 7) is 0. The third-order valence-corrected chi connectivity index (χ3v) is 6.57. The number of carbonyl (C=O) groups excluding carboxylic acids is 1. The summed E-state index contributed by atoms with van der Waals surface area (Å²) in [7, 11) is -6.05. The lowest BCUT2D eigenvalue weighted by Gasteiger charge is -2.18. The third kappa shape index (κ3) is 4.54. The second-order valence-electron chi connectivity index (χ2n) is 3.51. The van der Waals surface area contributed by atoms with Gasteiger partial charge >= 0.3 is 27.7 Å². The van der Waals surface area contributed by atoms with Gasteiger partial charge in [0.15, 0.2) is 0 Å². The molecule has 0 saturated carbocycles. The van der Waals surface area contributed by atoms with Crippen molar-refractivity contribution in [2.75, 3.05) is 0 Å². The molecular formula is C9H4F3I3O5S. The minimum absolute atomic E-state index is 0.194. The van der Waals surface area contributed by atoms with E-state index in [0.29, 0.717) is 10.7 Å². The molecule has 0 amide bonds. The molecule has 1 unspecified atom stereocenters. The monoisotopic (exact) mass is 662 g/mol. The van der Waals surface area contributed by atoms with Crippen LogP contribution >= 0.6 is 67.8 Å². The maximum atomic E-state index is 13.2. The summed E-state index contributed by atoms with van der Waals surface area (Å²) in [5.74, 6) is -1.47. The van der Waals surface area contributed by atoms with Crippen molar-refractivity contribution in [3.8, 4) is 0 Å². The predicted octanol–water partition coefficient (Wildman–Crippen LogP) is 3.43. The number of alkyl halides is 3. The quantitative estimate of drug-likeness (QED) is 0.232. The molecule has 1 rings (SSSR count). The van der Waals surface area contributed by atoms with Crippen LogP contribution in [-0.4, -0.2) is 30.6 Å². The Morgan fingerprint density at radius 3 is 2.29 bits per heavy atom. The first-order valence-corrected chi connectivity index (χ1v) is 9.40. The molecule has 1 aromatic carbocycles. The number of benzene rings is 1. The third-order valence-electron chi connectivity index (χ3n) is 2.03. The molecule has 0 aliphatic carbocycles. The first kappa shape index (κ1) is 19.6. The van der Waals surface area contributed by atoms with E-state index in [1.54, 1.807) is 28.7 Å². The highest BCUT2D eigenvalue weighted by Crippen LogP contribution is 2.30. The Morgan fingerprint density at radius 2 is 1.81 bits per heavy atom. The van der Waals surface area contributed by atoms with Crippen LogP contribution in [0.4, 0.5) is 13.2 Å². The maximum absolute atomic E-state index is 13.2. The van der Waals surface area contributed by atoms with E-state index in [-0.39, 0.29) is 5.56 Å². The lowest BCUT2D eigenvalue weighted by Crippen LogP contribution is -2.41. The summed E-state index contributed by atoms with van der Waals surface area (Å²) in [6.07, 6.45) is -3.83.